The number of amides is 1. The summed E-state index contributed by atoms with van der Waals surface area (Å²) < 4.78 is 15.6. The van der Waals surface area contributed by atoms with E-state index >= 15 is 0 Å². The first-order chi connectivity index (χ1) is 17.8. The fraction of sp³-hybridized carbons (Fsp3) is 0.333. The van der Waals surface area contributed by atoms with Crippen molar-refractivity contribution < 1.29 is 19.4 Å². The molecule has 10 heteroatoms. The molecule has 3 aromatic heterocycles. The van der Waals surface area contributed by atoms with Crippen molar-refractivity contribution in [3.8, 4) is 23.3 Å². The average Bonchev–Trinajstić information content (AvgIpc) is 3.64. The van der Waals surface area contributed by atoms with Crippen LogP contribution in [0.2, 0.25) is 0 Å². The van der Waals surface area contributed by atoms with E-state index in [1.54, 1.807) is 33.5 Å². The molecular formula is C27H27N5O5. The van der Waals surface area contributed by atoms with Gasteiger partial charge in [0.2, 0.25) is 5.91 Å². The van der Waals surface area contributed by atoms with Crippen LogP contribution >= 0.6 is 0 Å². The number of hydrogen-bond donors (Lipinski definition) is 2. The summed E-state index contributed by atoms with van der Waals surface area (Å²) in [5.41, 5.74) is 2.33. The second-order valence-corrected chi connectivity index (χ2v) is 9.77. The second-order valence-electron chi connectivity index (χ2n) is 9.77. The van der Waals surface area contributed by atoms with Crippen LogP contribution in [0, 0.1) is 0 Å². The third-order valence-corrected chi connectivity index (χ3v) is 6.85. The standard InChI is InChI=1S/C27H27N5O5/c1-15(33)29-25-13-21(7-8-28-25)36-20-5-6-22-23(12-20)31(2)27(30-22)37-24-9-17(16-3-4-16)14-32(26(24)35)18-10-19(34)11-18/h5-9,12-14,16,18-19,34H,3-4,10-11H2,1-2H3,(H,28,29,33). The number of rotatable bonds is 7. The predicted molar refractivity (Wildman–Crippen MR) is 136 cm³/mol. The Labute approximate surface area is 212 Å². The minimum absolute atomic E-state index is 0.0111. The number of nitrogens with zero attached hydrogens (tertiary/aromatic N) is 4. The van der Waals surface area contributed by atoms with Gasteiger partial charge in [-0.15, -0.1) is 0 Å². The van der Waals surface area contributed by atoms with E-state index in [-0.39, 0.29) is 29.4 Å². The number of anilines is 1. The quantitative estimate of drug-likeness (QED) is 0.388. The molecule has 2 saturated carbocycles. The number of aryl methyl sites for hydroxylation is 1. The number of carbonyl (C=O) groups is 1. The highest BCUT2D eigenvalue weighted by atomic mass is 16.5. The van der Waals surface area contributed by atoms with Gasteiger partial charge in [0, 0.05) is 44.5 Å². The van der Waals surface area contributed by atoms with Crippen molar-refractivity contribution in [2.45, 2.75) is 50.7 Å². The fourth-order valence-electron chi connectivity index (χ4n) is 4.63. The van der Waals surface area contributed by atoms with Crippen LogP contribution in [-0.2, 0) is 11.8 Å². The zero-order chi connectivity index (χ0) is 25.7. The van der Waals surface area contributed by atoms with E-state index in [0.717, 1.165) is 23.9 Å². The van der Waals surface area contributed by atoms with E-state index in [4.69, 9.17) is 9.47 Å². The minimum Gasteiger partial charge on any atom is -0.457 e. The van der Waals surface area contributed by atoms with Gasteiger partial charge in [-0.1, -0.05) is 0 Å². The summed E-state index contributed by atoms with van der Waals surface area (Å²) in [6, 6.07) is 10.9. The van der Waals surface area contributed by atoms with E-state index < -0.39 is 0 Å². The summed E-state index contributed by atoms with van der Waals surface area (Å²) in [6.07, 6.45) is 6.48. The fourth-order valence-corrected chi connectivity index (χ4v) is 4.63. The van der Waals surface area contributed by atoms with Crippen molar-refractivity contribution in [2.75, 3.05) is 5.32 Å². The predicted octanol–water partition coefficient (Wildman–Crippen LogP) is 4.25. The molecule has 2 fully saturated rings. The van der Waals surface area contributed by atoms with Crippen LogP contribution < -0.4 is 20.3 Å². The molecule has 0 bridgehead atoms. The molecule has 1 aromatic carbocycles. The number of pyridine rings is 2. The first kappa shape index (κ1) is 23.2. The molecule has 190 valence electrons. The van der Waals surface area contributed by atoms with Gasteiger partial charge in [0.25, 0.3) is 5.56 Å². The molecule has 6 rings (SSSR count). The maximum Gasteiger partial charge on any atom is 0.302 e. The summed E-state index contributed by atoms with van der Waals surface area (Å²) in [4.78, 5) is 33.3. The summed E-state index contributed by atoms with van der Waals surface area (Å²) in [5, 5.41) is 12.4. The average molecular weight is 502 g/mol. The van der Waals surface area contributed by atoms with E-state index in [2.05, 4.69) is 15.3 Å². The largest absolute Gasteiger partial charge is 0.457 e. The summed E-state index contributed by atoms with van der Waals surface area (Å²) in [6.45, 7) is 1.42. The van der Waals surface area contributed by atoms with Crippen molar-refractivity contribution in [2.24, 2.45) is 7.05 Å². The molecule has 37 heavy (non-hydrogen) atoms. The van der Waals surface area contributed by atoms with Crippen LogP contribution in [0.5, 0.6) is 23.3 Å². The number of nitrogens with one attached hydrogen (secondary N) is 1. The second kappa shape index (κ2) is 9.04. The molecule has 0 aliphatic heterocycles. The molecule has 2 aliphatic carbocycles. The third kappa shape index (κ3) is 4.67. The number of fused-ring (bicyclic) bond motifs is 1. The molecule has 0 radical (unpaired) electrons. The van der Waals surface area contributed by atoms with Crippen molar-refractivity contribution in [1.29, 1.82) is 0 Å². The van der Waals surface area contributed by atoms with E-state index in [9.17, 15) is 14.7 Å². The van der Waals surface area contributed by atoms with Crippen LogP contribution in [0.15, 0.2) is 53.6 Å². The summed E-state index contributed by atoms with van der Waals surface area (Å²) >= 11 is 0. The molecule has 0 spiro atoms. The molecule has 1 amide bonds. The van der Waals surface area contributed by atoms with Crippen LogP contribution in [0.4, 0.5) is 5.82 Å². The molecule has 0 atom stereocenters. The lowest BCUT2D eigenvalue weighted by Crippen LogP contribution is -2.36. The third-order valence-electron chi connectivity index (χ3n) is 6.85. The molecule has 2 N–H and O–H groups in total. The minimum atomic E-state index is -0.355. The van der Waals surface area contributed by atoms with Gasteiger partial charge in [0.05, 0.1) is 17.1 Å². The Morgan fingerprint density at radius 3 is 2.62 bits per heavy atom. The van der Waals surface area contributed by atoms with Gasteiger partial charge in [-0.25, -0.2) is 4.98 Å². The Balaban J connectivity index is 1.29. The summed E-state index contributed by atoms with van der Waals surface area (Å²) in [7, 11) is 1.82. The first-order valence-electron chi connectivity index (χ1n) is 12.3. The highest BCUT2D eigenvalue weighted by Crippen LogP contribution is 2.42. The SMILES string of the molecule is CC(=O)Nc1cc(Oc2ccc3nc(Oc4cc(C5CC5)cn(C5CC(O)C5)c4=O)n(C)c3c2)ccn1. The summed E-state index contributed by atoms with van der Waals surface area (Å²) in [5.74, 6) is 1.96. The molecular weight excluding hydrogens is 474 g/mol. The van der Waals surface area contributed by atoms with Gasteiger partial charge in [-0.2, -0.15) is 4.98 Å². The Hall–Kier alpha value is -4.18. The smallest absolute Gasteiger partial charge is 0.302 e. The number of carbonyl (C=O) groups excluding carboxylic acids is 1. The zero-order valence-electron chi connectivity index (χ0n) is 20.5. The van der Waals surface area contributed by atoms with Gasteiger partial charge in [-0.3, -0.25) is 14.2 Å². The number of aliphatic hydroxyl groups excluding tert-OH is 1. The van der Waals surface area contributed by atoms with Crippen LogP contribution in [-0.4, -0.2) is 36.2 Å². The van der Waals surface area contributed by atoms with Gasteiger partial charge in [0.1, 0.15) is 17.3 Å². The molecule has 10 nitrogen and oxygen atoms in total. The normalized spacial score (nSPS) is 18.9. The van der Waals surface area contributed by atoms with Crippen molar-refractivity contribution >= 4 is 22.8 Å². The lowest BCUT2D eigenvalue weighted by Gasteiger charge is -2.33. The van der Waals surface area contributed by atoms with Crippen molar-refractivity contribution in [3.63, 3.8) is 0 Å². The maximum absolute atomic E-state index is 13.3. The van der Waals surface area contributed by atoms with Gasteiger partial charge >= 0.3 is 6.01 Å². The van der Waals surface area contributed by atoms with Crippen LogP contribution in [0.1, 0.15) is 50.1 Å². The zero-order valence-corrected chi connectivity index (χ0v) is 20.5. The number of imidazole rings is 1. The molecule has 3 heterocycles. The van der Waals surface area contributed by atoms with Crippen molar-refractivity contribution in [1.82, 2.24) is 19.1 Å². The van der Waals surface area contributed by atoms with Gasteiger partial charge in [-0.05, 0) is 61.4 Å². The van der Waals surface area contributed by atoms with E-state index in [1.807, 2.05) is 31.4 Å². The molecule has 2 aliphatic rings. The highest BCUT2D eigenvalue weighted by Gasteiger charge is 2.32. The topological polar surface area (TPSA) is 121 Å². The molecule has 0 saturated heterocycles. The Morgan fingerprint density at radius 1 is 1.11 bits per heavy atom. The number of aromatic nitrogens is 4. The van der Waals surface area contributed by atoms with E-state index in [1.165, 1.54) is 6.92 Å². The van der Waals surface area contributed by atoms with Gasteiger partial charge in [0.15, 0.2) is 5.75 Å². The maximum atomic E-state index is 13.3. The lowest BCUT2D eigenvalue weighted by molar-refractivity contribution is -0.114. The Kier molecular flexibility index (Phi) is 5.68. The van der Waals surface area contributed by atoms with Crippen molar-refractivity contribution in [3.05, 3.63) is 64.7 Å². The number of aliphatic hydroxyl groups is 1. The highest BCUT2D eigenvalue weighted by molar-refractivity contribution is 5.87. The van der Waals surface area contributed by atoms with Crippen LogP contribution in [0.3, 0.4) is 0 Å². The monoisotopic (exact) mass is 501 g/mol. The molecule has 0 unspecified atom stereocenters. The first-order valence-corrected chi connectivity index (χ1v) is 12.3. The van der Waals surface area contributed by atoms with E-state index in [0.29, 0.717) is 47.6 Å². The number of hydrogen-bond acceptors (Lipinski definition) is 7. The van der Waals surface area contributed by atoms with Crippen LogP contribution in [0.25, 0.3) is 11.0 Å². The molecule has 4 aromatic rings. The number of benzene rings is 1. The Morgan fingerprint density at radius 2 is 1.89 bits per heavy atom. The lowest BCUT2D eigenvalue weighted by atomic mass is 9.89. The van der Waals surface area contributed by atoms with Gasteiger partial charge < -0.3 is 24.5 Å². The Bertz CT molecular complexity index is 1570. The number of ether oxygens (including phenoxy) is 2.